The van der Waals surface area contributed by atoms with Crippen LogP contribution in [0, 0.1) is 5.92 Å². The van der Waals surface area contributed by atoms with Crippen molar-refractivity contribution >= 4 is 23.7 Å². The maximum Gasteiger partial charge on any atom is 0.325 e. The molecule has 214 valence electrons. The molecule has 3 N–H and O–H groups in total. The lowest BCUT2D eigenvalue weighted by atomic mass is 10.0. The Balaban J connectivity index is 1.63. The Morgan fingerprint density at radius 1 is 0.850 bits per heavy atom. The molecule has 1 fully saturated rings. The second-order valence-corrected chi connectivity index (χ2v) is 10.8. The van der Waals surface area contributed by atoms with Gasteiger partial charge in [0.25, 0.3) is 11.8 Å². The second-order valence-electron chi connectivity index (χ2n) is 10.8. The molecule has 3 amide bonds. The van der Waals surface area contributed by atoms with Gasteiger partial charge in [0.1, 0.15) is 30.0 Å². The fourth-order valence-corrected chi connectivity index (χ4v) is 4.80. The van der Waals surface area contributed by atoms with E-state index < -0.39 is 48.1 Å². The number of nitrogens with one attached hydrogen (secondary N) is 3. The van der Waals surface area contributed by atoms with E-state index >= 15 is 0 Å². The number of hydrogen-bond acceptors (Lipinski definition) is 7. The molecule has 2 aromatic carbocycles. The van der Waals surface area contributed by atoms with E-state index in [2.05, 4.69) is 16.1 Å². The molecule has 6 bridgehead atoms. The third-order valence-corrected chi connectivity index (χ3v) is 7.23. The summed E-state index contributed by atoms with van der Waals surface area (Å²) in [5, 5.41) is 6.83. The molecular weight excluding hydrogens is 512 g/mol. The number of hydrazine groups is 1. The number of benzene rings is 2. The van der Waals surface area contributed by atoms with E-state index in [1.807, 2.05) is 57.2 Å². The Morgan fingerprint density at radius 3 is 2.27 bits per heavy atom. The standard InChI is InChI=1S/C30H38N4O6/c1-17(2)26-28(36)31-18(3)29(37)34-15-7-10-25(33-34)30(38)40-19(4)22-8-6-9-23(16-22)21-11-13-24(14-12-21)39-20(5)27(35)32-26/h6,8-9,11-14,16-20,25-26,33H,7,10,15H2,1-5H3,(H,31,36)(H,32,35)/t18?,19-,20+,25?,26+/m1/s1. The number of amides is 3. The number of esters is 1. The van der Waals surface area contributed by atoms with E-state index in [1.54, 1.807) is 26.0 Å². The van der Waals surface area contributed by atoms with Gasteiger partial charge in [-0.3, -0.25) is 24.2 Å². The highest BCUT2D eigenvalue weighted by Crippen LogP contribution is 2.27. The van der Waals surface area contributed by atoms with Gasteiger partial charge in [-0.2, -0.15) is 0 Å². The number of rotatable bonds is 1. The molecule has 0 aliphatic carbocycles. The van der Waals surface area contributed by atoms with Crippen LogP contribution in [0.5, 0.6) is 5.75 Å². The first-order chi connectivity index (χ1) is 19.0. The van der Waals surface area contributed by atoms with Gasteiger partial charge in [-0.25, -0.2) is 5.43 Å². The minimum absolute atomic E-state index is 0.242. The van der Waals surface area contributed by atoms with Crippen molar-refractivity contribution in [2.45, 2.75) is 77.8 Å². The zero-order valence-electron chi connectivity index (χ0n) is 23.6. The topological polar surface area (TPSA) is 126 Å². The van der Waals surface area contributed by atoms with Crippen LogP contribution in [0.15, 0.2) is 48.5 Å². The first kappa shape index (κ1) is 29.1. The second kappa shape index (κ2) is 12.5. The highest BCUT2D eigenvalue weighted by Gasteiger charge is 2.34. The van der Waals surface area contributed by atoms with Crippen LogP contribution in [0.4, 0.5) is 0 Å². The highest BCUT2D eigenvalue weighted by molar-refractivity contribution is 5.93. The van der Waals surface area contributed by atoms with Gasteiger partial charge >= 0.3 is 5.97 Å². The van der Waals surface area contributed by atoms with E-state index in [1.165, 1.54) is 5.01 Å². The molecule has 0 spiro atoms. The van der Waals surface area contributed by atoms with Crippen LogP contribution in [-0.4, -0.2) is 59.5 Å². The van der Waals surface area contributed by atoms with Crippen molar-refractivity contribution in [1.82, 2.24) is 21.1 Å². The molecule has 3 aliphatic rings. The van der Waals surface area contributed by atoms with Crippen LogP contribution >= 0.6 is 0 Å². The molecule has 0 aromatic heterocycles. The average Bonchev–Trinajstić information content (AvgIpc) is 2.95. The minimum atomic E-state index is -0.889. The molecule has 5 atom stereocenters. The van der Waals surface area contributed by atoms with Gasteiger partial charge < -0.3 is 20.1 Å². The summed E-state index contributed by atoms with van der Waals surface area (Å²) in [6.07, 6.45) is -0.248. The van der Waals surface area contributed by atoms with E-state index in [0.29, 0.717) is 25.1 Å². The molecule has 3 heterocycles. The van der Waals surface area contributed by atoms with Crippen LogP contribution in [0.1, 0.15) is 59.1 Å². The Labute approximate surface area is 234 Å². The van der Waals surface area contributed by atoms with Crippen LogP contribution in [0.2, 0.25) is 0 Å². The van der Waals surface area contributed by atoms with Crippen molar-refractivity contribution in [3.8, 4) is 16.9 Å². The predicted octanol–water partition coefficient (Wildman–Crippen LogP) is 2.88. The molecule has 2 aromatic rings. The maximum absolute atomic E-state index is 13.2. The molecule has 2 unspecified atom stereocenters. The van der Waals surface area contributed by atoms with Gasteiger partial charge in [-0.1, -0.05) is 44.2 Å². The normalized spacial score (nSPS) is 26.6. The van der Waals surface area contributed by atoms with Crippen LogP contribution in [-0.2, 0) is 23.9 Å². The predicted molar refractivity (Wildman–Crippen MR) is 149 cm³/mol. The lowest BCUT2D eigenvalue weighted by Crippen LogP contribution is -2.61. The molecule has 10 nitrogen and oxygen atoms in total. The summed E-state index contributed by atoms with van der Waals surface area (Å²) in [4.78, 5) is 52.3. The van der Waals surface area contributed by atoms with Gasteiger partial charge in [0.15, 0.2) is 6.10 Å². The van der Waals surface area contributed by atoms with E-state index in [9.17, 15) is 19.2 Å². The van der Waals surface area contributed by atoms with Gasteiger partial charge in [-0.15, -0.1) is 0 Å². The quantitative estimate of drug-likeness (QED) is 0.368. The van der Waals surface area contributed by atoms with E-state index in [0.717, 1.165) is 16.7 Å². The monoisotopic (exact) mass is 550 g/mol. The largest absolute Gasteiger partial charge is 0.481 e. The minimum Gasteiger partial charge on any atom is -0.481 e. The Bertz CT molecular complexity index is 1250. The number of carbonyl (C=O) groups is 4. The van der Waals surface area contributed by atoms with E-state index in [-0.39, 0.29) is 11.8 Å². The van der Waals surface area contributed by atoms with Crippen molar-refractivity contribution in [1.29, 1.82) is 0 Å². The Kier molecular flexibility index (Phi) is 9.09. The number of fused-ring (bicyclic) bond motifs is 12. The number of carbonyl (C=O) groups excluding carboxylic acids is 4. The van der Waals surface area contributed by atoms with Gasteiger partial charge in [0, 0.05) is 6.54 Å². The summed E-state index contributed by atoms with van der Waals surface area (Å²) in [6, 6.07) is 12.6. The first-order valence-corrected chi connectivity index (χ1v) is 13.8. The lowest BCUT2D eigenvalue weighted by molar-refractivity contribution is -0.157. The van der Waals surface area contributed by atoms with Crippen LogP contribution in [0.25, 0.3) is 11.1 Å². The van der Waals surface area contributed by atoms with Gasteiger partial charge in [0.2, 0.25) is 5.91 Å². The van der Waals surface area contributed by atoms with Crippen molar-refractivity contribution in [2.75, 3.05) is 6.54 Å². The van der Waals surface area contributed by atoms with Crippen molar-refractivity contribution in [2.24, 2.45) is 5.92 Å². The molecule has 0 saturated carbocycles. The molecule has 5 rings (SSSR count). The van der Waals surface area contributed by atoms with E-state index in [4.69, 9.17) is 9.47 Å². The van der Waals surface area contributed by atoms with Crippen LogP contribution in [0.3, 0.4) is 0 Å². The zero-order valence-corrected chi connectivity index (χ0v) is 23.6. The Hall–Kier alpha value is -3.92. The third-order valence-electron chi connectivity index (χ3n) is 7.23. The Morgan fingerprint density at radius 2 is 1.57 bits per heavy atom. The fourth-order valence-electron chi connectivity index (χ4n) is 4.80. The van der Waals surface area contributed by atoms with Crippen molar-refractivity contribution < 1.29 is 28.7 Å². The summed E-state index contributed by atoms with van der Waals surface area (Å²) in [7, 11) is 0. The molecule has 1 saturated heterocycles. The average molecular weight is 551 g/mol. The van der Waals surface area contributed by atoms with Crippen molar-refractivity contribution in [3.63, 3.8) is 0 Å². The number of nitrogens with zero attached hydrogens (tertiary/aromatic N) is 1. The van der Waals surface area contributed by atoms with Crippen LogP contribution < -0.4 is 20.8 Å². The molecule has 3 aliphatic heterocycles. The van der Waals surface area contributed by atoms with Crippen molar-refractivity contribution in [3.05, 3.63) is 54.1 Å². The van der Waals surface area contributed by atoms with Gasteiger partial charge in [-0.05, 0) is 74.4 Å². The highest BCUT2D eigenvalue weighted by atomic mass is 16.5. The summed E-state index contributed by atoms with van der Waals surface area (Å²) in [6.45, 7) is 9.01. The molecule has 40 heavy (non-hydrogen) atoms. The summed E-state index contributed by atoms with van der Waals surface area (Å²) >= 11 is 0. The molecular formula is C30H38N4O6. The maximum atomic E-state index is 13.2. The molecule has 0 radical (unpaired) electrons. The first-order valence-electron chi connectivity index (χ1n) is 13.8. The smallest absolute Gasteiger partial charge is 0.325 e. The molecule has 10 heteroatoms. The zero-order chi connectivity index (χ0) is 29.0. The summed E-state index contributed by atoms with van der Waals surface area (Å²) in [5.41, 5.74) is 5.68. The fraction of sp³-hybridized carbons (Fsp3) is 0.467. The SMILES string of the molecule is CC1NC(=O)[C@H](C(C)C)NC(=O)[C@H](C)Oc2ccc(cc2)-c2cccc(c2)[C@@H](C)OC(=O)C2CCCN(N2)C1=O. The number of ether oxygens (including phenoxy) is 2. The third kappa shape index (κ3) is 6.80. The van der Waals surface area contributed by atoms with Gasteiger partial charge in [0.05, 0.1) is 0 Å². The lowest BCUT2D eigenvalue weighted by Gasteiger charge is -2.35. The summed E-state index contributed by atoms with van der Waals surface area (Å²) in [5.74, 6) is -1.50. The summed E-state index contributed by atoms with van der Waals surface area (Å²) < 4.78 is 11.6. The number of hydrogen-bond donors (Lipinski definition) is 3.